The molecular formula is C19H31NO4. The van der Waals surface area contributed by atoms with Crippen molar-refractivity contribution < 1.29 is 19.8 Å². The molecule has 0 aliphatic heterocycles. The second kappa shape index (κ2) is 7.16. The van der Waals surface area contributed by atoms with Crippen molar-refractivity contribution in [2.24, 2.45) is 23.2 Å². The van der Waals surface area contributed by atoms with Crippen molar-refractivity contribution in [3.05, 3.63) is 23.5 Å². The molecule has 6 unspecified atom stereocenters. The number of ether oxygens (including phenoxy) is 2. The molecule has 3 aliphatic rings. The summed E-state index contributed by atoms with van der Waals surface area (Å²) in [5.74, 6) is 1.64. The van der Waals surface area contributed by atoms with Crippen molar-refractivity contribution in [1.29, 1.82) is 0 Å². The normalized spacial score (nSPS) is 40.5. The van der Waals surface area contributed by atoms with E-state index in [2.05, 4.69) is 18.5 Å². The molecule has 3 N–H and O–H groups in total. The molecule has 6 atom stereocenters. The van der Waals surface area contributed by atoms with Crippen LogP contribution >= 0.6 is 0 Å². The molecule has 3 aliphatic carbocycles. The third-order valence-corrected chi connectivity index (χ3v) is 6.69. The first-order valence-electron chi connectivity index (χ1n) is 9.13. The highest BCUT2D eigenvalue weighted by atomic mass is 16.6. The van der Waals surface area contributed by atoms with Gasteiger partial charge in [0, 0.05) is 13.2 Å². The minimum atomic E-state index is -0.900. The highest BCUT2D eigenvalue weighted by Crippen LogP contribution is 2.56. The average molecular weight is 337 g/mol. The van der Waals surface area contributed by atoms with E-state index in [4.69, 9.17) is 9.47 Å². The summed E-state index contributed by atoms with van der Waals surface area (Å²) in [4.78, 5) is 0. The van der Waals surface area contributed by atoms with Crippen LogP contribution in [0.4, 0.5) is 0 Å². The average Bonchev–Trinajstić information content (AvgIpc) is 2.59. The van der Waals surface area contributed by atoms with Crippen LogP contribution in [0.5, 0.6) is 0 Å². The fraction of sp³-hybridized carbons (Fsp3) is 0.789. The number of aliphatic hydroxyl groups excluding tert-OH is 1. The second-order valence-corrected chi connectivity index (χ2v) is 7.85. The summed E-state index contributed by atoms with van der Waals surface area (Å²) in [7, 11) is 3.19. The molecule has 5 heteroatoms. The molecule has 136 valence electrons. The third-order valence-electron chi connectivity index (χ3n) is 6.69. The minimum Gasteiger partial charge on any atom is -0.497 e. The molecule has 0 saturated heterocycles. The molecule has 0 radical (unpaired) electrons. The largest absolute Gasteiger partial charge is 0.497 e. The predicted molar refractivity (Wildman–Crippen MR) is 91.2 cm³/mol. The van der Waals surface area contributed by atoms with Gasteiger partial charge in [-0.15, -0.1) is 0 Å². The Balaban J connectivity index is 2.04. The van der Waals surface area contributed by atoms with Crippen molar-refractivity contribution in [3.63, 3.8) is 0 Å². The zero-order chi connectivity index (χ0) is 17.3. The van der Waals surface area contributed by atoms with Crippen LogP contribution in [0.3, 0.4) is 0 Å². The van der Waals surface area contributed by atoms with Crippen LogP contribution in [0, 0.1) is 23.2 Å². The standard InChI is InChI=1S/C19H31NO4/c1-19-8-6-4-5-7-12(17(19)20-22)9-14-15(18(21)24-3)10-13(23-2)11-16(14)19/h10-12,14,16-18,20-22H,4-9H2,1-3H3. The lowest BCUT2D eigenvalue weighted by Crippen LogP contribution is -2.58. The van der Waals surface area contributed by atoms with E-state index in [1.54, 1.807) is 7.11 Å². The molecule has 24 heavy (non-hydrogen) atoms. The van der Waals surface area contributed by atoms with Gasteiger partial charge < -0.3 is 19.8 Å². The summed E-state index contributed by atoms with van der Waals surface area (Å²) in [6.07, 6.45) is 10.0. The Labute approximate surface area is 144 Å². The number of rotatable bonds is 4. The van der Waals surface area contributed by atoms with E-state index < -0.39 is 6.29 Å². The van der Waals surface area contributed by atoms with Crippen molar-refractivity contribution in [3.8, 4) is 0 Å². The van der Waals surface area contributed by atoms with E-state index in [0.717, 1.165) is 30.6 Å². The summed E-state index contributed by atoms with van der Waals surface area (Å²) >= 11 is 0. The van der Waals surface area contributed by atoms with Crippen LogP contribution in [0.15, 0.2) is 23.5 Å². The molecule has 2 fully saturated rings. The Morgan fingerprint density at radius 3 is 2.75 bits per heavy atom. The number of hydrogen-bond acceptors (Lipinski definition) is 5. The molecule has 0 heterocycles. The molecule has 0 amide bonds. The second-order valence-electron chi connectivity index (χ2n) is 7.85. The smallest absolute Gasteiger partial charge is 0.177 e. The molecule has 3 rings (SSSR count). The molecule has 0 aromatic rings. The molecule has 2 bridgehead atoms. The topological polar surface area (TPSA) is 71.0 Å². The van der Waals surface area contributed by atoms with Crippen molar-refractivity contribution in [1.82, 2.24) is 5.48 Å². The lowest BCUT2D eigenvalue weighted by Gasteiger charge is -2.56. The van der Waals surface area contributed by atoms with Crippen molar-refractivity contribution >= 4 is 0 Å². The summed E-state index contributed by atoms with van der Waals surface area (Å²) in [5, 5.41) is 20.3. The quantitative estimate of drug-likeness (QED) is 0.543. The highest BCUT2D eigenvalue weighted by Gasteiger charge is 2.54. The number of aliphatic hydroxyl groups is 1. The van der Waals surface area contributed by atoms with Crippen LogP contribution in [-0.2, 0) is 9.47 Å². The van der Waals surface area contributed by atoms with Gasteiger partial charge in [0.25, 0.3) is 0 Å². The van der Waals surface area contributed by atoms with Gasteiger partial charge >= 0.3 is 0 Å². The van der Waals surface area contributed by atoms with Crippen LogP contribution < -0.4 is 5.48 Å². The van der Waals surface area contributed by atoms with Gasteiger partial charge in [-0.25, -0.2) is 5.48 Å². The van der Waals surface area contributed by atoms with Gasteiger partial charge in [0.15, 0.2) is 6.29 Å². The maximum atomic E-state index is 10.4. The van der Waals surface area contributed by atoms with Crippen molar-refractivity contribution in [2.45, 2.75) is 57.8 Å². The number of nitrogens with one attached hydrogen (secondary N) is 1. The Morgan fingerprint density at radius 2 is 2.08 bits per heavy atom. The van der Waals surface area contributed by atoms with E-state index in [1.165, 1.54) is 26.4 Å². The highest BCUT2D eigenvalue weighted by molar-refractivity contribution is 5.33. The molecule has 0 aromatic carbocycles. The lowest BCUT2D eigenvalue weighted by atomic mass is 9.51. The lowest BCUT2D eigenvalue weighted by molar-refractivity contribution is -0.0870. The molecule has 0 spiro atoms. The zero-order valence-electron chi connectivity index (χ0n) is 15.0. The van der Waals surface area contributed by atoms with Gasteiger partial charge in [-0.3, -0.25) is 0 Å². The van der Waals surface area contributed by atoms with Gasteiger partial charge in [-0.1, -0.05) is 26.2 Å². The van der Waals surface area contributed by atoms with Crippen molar-refractivity contribution in [2.75, 3.05) is 14.2 Å². The Hall–Kier alpha value is -0.880. The molecule has 2 saturated carbocycles. The number of hydrogen-bond donors (Lipinski definition) is 3. The van der Waals surface area contributed by atoms with Gasteiger partial charge in [0.05, 0.1) is 7.11 Å². The van der Waals surface area contributed by atoms with Crippen LogP contribution in [-0.4, -0.2) is 36.9 Å². The van der Waals surface area contributed by atoms with Gasteiger partial charge in [0.2, 0.25) is 0 Å². The van der Waals surface area contributed by atoms with E-state index in [0.29, 0.717) is 5.92 Å². The summed E-state index contributed by atoms with van der Waals surface area (Å²) in [6.45, 7) is 2.28. The summed E-state index contributed by atoms with van der Waals surface area (Å²) in [5.41, 5.74) is 3.50. The SMILES string of the molecule is COC1=CC2C(CC3CCCCCC2(C)C3NO)C(C(O)OC)=C1. The maximum Gasteiger partial charge on any atom is 0.177 e. The molecular weight excluding hydrogens is 306 g/mol. The number of methoxy groups -OCH3 is 2. The third kappa shape index (κ3) is 2.92. The first-order chi connectivity index (χ1) is 11.5. The number of allylic oxidation sites excluding steroid dienone is 2. The summed E-state index contributed by atoms with van der Waals surface area (Å²) in [6, 6.07) is 0.0763. The fourth-order valence-corrected chi connectivity index (χ4v) is 5.43. The van der Waals surface area contributed by atoms with E-state index >= 15 is 0 Å². The first kappa shape index (κ1) is 17.9. The Bertz CT molecular complexity index is 517. The monoisotopic (exact) mass is 337 g/mol. The Morgan fingerprint density at radius 1 is 1.29 bits per heavy atom. The van der Waals surface area contributed by atoms with Gasteiger partial charge in [-0.05, 0) is 60.2 Å². The minimum absolute atomic E-state index is 0.0699. The van der Waals surface area contributed by atoms with Crippen LogP contribution in [0.1, 0.15) is 45.4 Å². The number of fused-ring (bicyclic) bond motifs is 4. The van der Waals surface area contributed by atoms with Crippen LogP contribution in [0.25, 0.3) is 0 Å². The van der Waals surface area contributed by atoms with E-state index in [9.17, 15) is 10.3 Å². The van der Waals surface area contributed by atoms with Crippen LogP contribution in [0.2, 0.25) is 0 Å². The van der Waals surface area contributed by atoms with Gasteiger partial charge in [0.1, 0.15) is 5.76 Å². The number of hydroxylamine groups is 1. The van der Waals surface area contributed by atoms with Gasteiger partial charge in [-0.2, -0.15) is 0 Å². The van der Waals surface area contributed by atoms with E-state index in [-0.39, 0.29) is 23.3 Å². The predicted octanol–water partition coefficient (Wildman–Crippen LogP) is 2.99. The first-order valence-corrected chi connectivity index (χ1v) is 9.13. The van der Waals surface area contributed by atoms with E-state index in [1.807, 2.05) is 6.08 Å². The molecule has 0 aromatic heterocycles. The Kier molecular flexibility index (Phi) is 5.35. The zero-order valence-corrected chi connectivity index (χ0v) is 15.0. The molecule has 5 nitrogen and oxygen atoms in total. The summed E-state index contributed by atoms with van der Waals surface area (Å²) < 4.78 is 10.7. The maximum absolute atomic E-state index is 10.4. The fourth-order valence-electron chi connectivity index (χ4n) is 5.43.